The number of carbonyl (C=O) groups excluding carboxylic acids is 1. The number of primary amides is 1. The molecule has 0 saturated heterocycles. The average Bonchev–Trinajstić information content (AvgIpc) is 3.16. The van der Waals surface area contributed by atoms with Gasteiger partial charge in [0.25, 0.3) is 5.91 Å². The predicted molar refractivity (Wildman–Crippen MR) is 119 cm³/mol. The number of amides is 1. The van der Waals surface area contributed by atoms with E-state index < -0.39 is 5.91 Å². The van der Waals surface area contributed by atoms with E-state index in [2.05, 4.69) is 16.9 Å². The van der Waals surface area contributed by atoms with Gasteiger partial charge in [-0.25, -0.2) is 4.39 Å². The van der Waals surface area contributed by atoms with Crippen LogP contribution in [-0.4, -0.2) is 15.9 Å². The first-order valence-corrected chi connectivity index (χ1v) is 11.0. The average molecular weight is 422 g/mol. The summed E-state index contributed by atoms with van der Waals surface area (Å²) in [4.78, 5) is 29.0. The molecule has 1 amide bonds. The monoisotopic (exact) mass is 421 g/mol. The minimum Gasteiger partial charge on any atom is -0.364 e. The van der Waals surface area contributed by atoms with Gasteiger partial charge in [0.1, 0.15) is 11.5 Å². The van der Waals surface area contributed by atoms with Crippen molar-refractivity contribution in [3.63, 3.8) is 0 Å². The molecule has 2 heterocycles. The molecule has 0 radical (unpaired) electrons. The summed E-state index contributed by atoms with van der Waals surface area (Å²) in [5.41, 5.74) is 7.93. The molecule has 5 nitrogen and oxygen atoms in total. The van der Waals surface area contributed by atoms with Crippen molar-refractivity contribution in [3.05, 3.63) is 75.6 Å². The number of nitrogens with two attached hydrogens (primary N) is 1. The number of fused-ring (bicyclic) bond motifs is 1. The van der Waals surface area contributed by atoms with Crippen molar-refractivity contribution in [2.75, 3.05) is 0 Å². The number of aromatic nitrogens is 2. The molecule has 2 aromatic heterocycles. The molecule has 2 fully saturated rings. The molecule has 0 bridgehead atoms. The van der Waals surface area contributed by atoms with E-state index in [0.29, 0.717) is 11.4 Å². The fraction of sp³-hybridized carbons (Fsp3) is 0.400. The molecule has 3 aromatic rings. The molecule has 0 aliphatic heterocycles. The number of benzene rings is 1. The lowest BCUT2D eigenvalue weighted by Crippen LogP contribution is -2.19. The van der Waals surface area contributed by atoms with E-state index in [9.17, 15) is 14.0 Å². The second kappa shape index (κ2) is 9.00. The second-order valence-corrected chi connectivity index (χ2v) is 8.75. The van der Waals surface area contributed by atoms with Crippen LogP contribution >= 0.6 is 0 Å². The Kier molecular flexibility index (Phi) is 6.16. The predicted octanol–water partition coefficient (Wildman–Crippen LogP) is 4.84. The van der Waals surface area contributed by atoms with E-state index in [1.807, 2.05) is 6.07 Å². The molecule has 3 N–H and O–H groups in total. The number of hydrogen-bond acceptors (Lipinski definition) is 3. The molecule has 2 saturated carbocycles. The van der Waals surface area contributed by atoms with Crippen LogP contribution in [0.1, 0.15) is 66.1 Å². The summed E-state index contributed by atoms with van der Waals surface area (Å²) < 4.78 is 13.1. The topological polar surface area (TPSA) is 88.8 Å². The maximum atomic E-state index is 13.1. The number of halogens is 1. The van der Waals surface area contributed by atoms with E-state index in [4.69, 9.17) is 5.73 Å². The van der Waals surface area contributed by atoms with Gasteiger partial charge in [-0.05, 0) is 73.3 Å². The molecule has 1 aromatic carbocycles. The van der Waals surface area contributed by atoms with Crippen molar-refractivity contribution in [1.82, 2.24) is 9.97 Å². The molecule has 31 heavy (non-hydrogen) atoms. The van der Waals surface area contributed by atoms with Crippen LogP contribution in [0.3, 0.4) is 0 Å². The van der Waals surface area contributed by atoms with E-state index in [1.54, 1.807) is 18.2 Å². The summed E-state index contributed by atoms with van der Waals surface area (Å²) in [6.07, 6.45) is 11.4. The van der Waals surface area contributed by atoms with Gasteiger partial charge in [0.05, 0.1) is 10.9 Å². The minimum atomic E-state index is -0.702. The van der Waals surface area contributed by atoms with Gasteiger partial charge in [0.2, 0.25) is 0 Å². The largest absolute Gasteiger partial charge is 0.364 e. The van der Waals surface area contributed by atoms with Crippen molar-refractivity contribution in [2.24, 2.45) is 17.6 Å². The first-order chi connectivity index (χ1) is 14.9. The maximum absolute atomic E-state index is 13.1. The highest BCUT2D eigenvalue weighted by Gasteiger charge is 2.34. The van der Waals surface area contributed by atoms with Crippen LogP contribution in [0.25, 0.3) is 10.9 Å². The van der Waals surface area contributed by atoms with Gasteiger partial charge in [-0.15, -0.1) is 0 Å². The Morgan fingerprint density at radius 2 is 1.94 bits per heavy atom. The lowest BCUT2D eigenvalue weighted by molar-refractivity contribution is 0.0997. The van der Waals surface area contributed by atoms with Crippen LogP contribution in [0, 0.1) is 24.6 Å². The number of hydrogen-bond donors (Lipinski definition) is 2. The molecular formula is C25H28FN3O2. The highest BCUT2D eigenvalue weighted by molar-refractivity contribution is 6.03. The Balaban J connectivity index is 0.000000152. The zero-order valence-electron chi connectivity index (χ0n) is 17.7. The third kappa shape index (κ3) is 4.53. The minimum absolute atomic E-state index is 0.00403. The Labute approximate surface area is 180 Å². The summed E-state index contributed by atoms with van der Waals surface area (Å²) in [6.45, 7) is 2.05. The highest BCUT2D eigenvalue weighted by atomic mass is 19.1. The number of carbonyl (C=O) groups is 1. The van der Waals surface area contributed by atoms with Crippen molar-refractivity contribution in [3.8, 4) is 0 Å². The van der Waals surface area contributed by atoms with Crippen LogP contribution in [0.4, 0.5) is 4.39 Å². The van der Waals surface area contributed by atoms with Crippen LogP contribution in [0.2, 0.25) is 0 Å². The van der Waals surface area contributed by atoms with E-state index in [-0.39, 0.29) is 22.3 Å². The zero-order chi connectivity index (χ0) is 22.0. The third-order valence-electron chi connectivity index (χ3n) is 6.87. The number of pyridine rings is 2. The fourth-order valence-corrected chi connectivity index (χ4v) is 5.04. The van der Waals surface area contributed by atoms with Crippen molar-refractivity contribution < 1.29 is 9.18 Å². The highest BCUT2D eigenvalue weighted by Crippen LogP contribution is 2.47. The number of aromatic amines is 1. The first kappa shape index (κ1) is 21.2. The standard InChI is InChI=1S/C16H21F.C9H7N3O2/c1-11-9-15(17)7-8-16(11)14-6-5-13(10-14)12-3-2-4-12;10-9(14)8-7-5(1-3-12-8)11-4-2-6(7)13/h7-9,12-14H,2-6,10H2,1H3;1-4H,(H2,10,14)(H,11,13)/t13?,14-;/m1./s1. The Morgan fingerprint density at radius 1 is 1.13 bits per heavy atom. The quantitative estimate of drug-likeness (QED) is 0.634. The van der Waals surface area contributed by atoms with E-state index in [1.165, 1.54) is 62.5 Å². The van der Waals surface area contributed by atoms with Gasteiger partial charge < -0.3 is 10.7 Å². The van der Waals surface area contributed by atoms with Crippen LogP contribution in [0.5, 0.6) is 0 Å². The van der Waals surface area contributed by atoms with Gasteiger partial charge in [0.15, 0.2) is 5.43 Å². The van der Waals surface area contributed by atoms with Crippen LogP contribution < -0.4 is 11.2 Å². The number of nitrogens with one attached hydrogen (secondary N) is 1. The van der Waals surface area contributed by atoms with Gasteiger partial charge in [-0.1, -0.05) is 25.3 Å². The van der Waals surface area contributed by atoms with Crippen LogP contribution in [-0.2, 0) is 0 Å². The van der Waals surface area contributed by atoms with Crippen molar-refractivity contribution in [2.45, 2.75) is 51.4 Å². The zero-order valence-corrected chi connectivity index (χ0v) is 17.7. The van der Waals surface area contributed by atoms with Gasteiger partial charge in [-0.2, -0.15) is 0 Å². The van der Waals surface area contributed by atoms with Gasteiger partial charge in [-0.3, -0.25) is 14.6 Å². The Bertz CT molecular complexity index is 1150. The molecular weight excluding hydrogens is 393 g/mol. The smallest absolute Gasteiger partial charge is 0.268 e. The van der Waals surface area contributed by atoms with Crippen molar-refractivity contribution >= 4 is 16.8 Å². The first-order valence-electron chi connectivity index (χ1n) is 11.0. The fourth-order valence-electron chi connectivity index (χ4n) is 5.04. The van der Waals surface area contributed by atoms with Crippen molar-refractivity contribution in [1.29, 1.82) is 0 Å². The molecule has 2 atom stereocenters. The summed E-state index contributed by atoms with van der Waals surface area (Å²) in [5.74, 6) is 1.87. The van der Waals surface area contributed by atoms with Crippen LogP contribution in [0.15, 0.2) is 47.5 Å². The lowest BCUT2D eigenvalue weighted by atomic mass is 9.74. The summed E-state index contributed by atoms with van der Waals surface area (Å²) in [7, 11) is 0. The normalized spacial score (nSPS) is 20.7. The number of rotatable bonds is 3. The number of aryl methyl sites for hydroxylation is 1. The Hall–Kier alpha value is -3.02. The molecule has 1 unspecified atom stereocenters. The number of H-pyrrole nitrogens is 1. The summed E-state index contributed by atoms with van der Waals surface area (Å²) >= 11 is 0. The molecule has 2 aliphatic rings. The SMILES string of the molecule is Cc1cc(F)ccc1[C@@H]1CCC(C2CCC2)C1.NC(=O)c1nccc2[nH]ccc(=O)c12. The molecule has 6 heteroatoms. The van der Waals surface area contributed by atoms with Gasteiger partial charge >= 0.3 is 0 Å². The summed E-state index contributed by atoms with van der Waals surface area (Å²) in [5, 5.41) is 0.238. The Morgan fingerprint density at radius 3 is 2.61 bits per heavy atom. The molecule has 162 valence electrons. The summed E-state index contributed by atoms with van der Waals surface area (Å²) in [6, 6.07) is 8.27. The molecule has 2 aliphatic carbocycles. The molecule has 0 spiro atoms. The van der Waals surface area contributed by atoms with E-state index in [0.717, 1.165) is 17.4 Å². The second-order valence-electron chi connectivity index (χ2n) is 8.75. The third-order valence-corrected chi connectivity index (χ3v) is 6.87. The van der Waals surface area contributed by atoms with E-state index >= 15 is 0 Å². The lowest BCUT2D eigenvalue weighted by Gasteiger charge is -2.31. The van der Waals surface area contributed by atoms with Gasteiger partial charge in [0, 0.05) is 18.5 Å². The number of nitrogens with zero attached hydrogens (tertiary/aromatic N) is 1. The maximum Gasteiger partial charge on any atom is 0.268 e. The molecule has 5 rings (SSSR count).